The van der Waals surface area contributed by atoms with Crippen LogP contribution >= 0.6 is 0 Å². The molecule has 1 heterocycles. The average Bonchev–Trinajstić information content (AvgIpc) is 3.53. The molecule has 140 valence electrons. The van der Waals surface area contributed by atoms with Gasteiger partial charge < -0.3 is 14.9 Å². The molecule has 0 aromatic heterocycles. The lowest BCUT2D eigenvalue weighted by molar-refractivity contribution is -0.113. The quantitative estimate of drug-likeness (QED) is 0.851. The summed E-state index contributed by atoms with van der Waals surface area (Å²) in [5.74, 6) is 0.742. The Labute approximate surface area is 160 Å². The third-order valence-electron chi connectivity index (χ3n) is 5.63. The van der Waals surface area contributed by atoms with Crippen LogP contribution in [-0.4, -0.2) is 29.0 Å². The van der Waals surface area contributed by atoms with Gasteiger partial charge in [0.05, 0.1) is 36.6 Å². The summed E-state index contributed by atoms with van der Waals surface area (Å²) >= 11 is 0. The molecule has 1 saturated heterocycles. The third kappa shape index (κ3) is 4.22. The predicted molar refractivity (Wildman–Crippen MR) is 102 cm³/mol. The van der Waals surface area contributed by atoms with Crippen molar-refractivity contribution in [3.05, 3.63) is 70.3 Å². The summed E-state index contributed by atoms with van der Waals surface area (Å²) in [7, 11) is 0. The molecule has 0 amide bonds. The van der Waals surface area contributed by atoms with Crippen molar-refractivity contribution in [3.63, 3.8) is 0 Å². The average molecular weight is 363 g/mol. The van der Waals surface area contributed by atoms with Crippen molar-refractivity contribution in [2.24, 2.45) is 0 Å². The first-order chi connectivity index (χ1) is 13.2. The van der Waals surface area contributed by atoms with Gasteiger partial charge in [-0.1, -0.05) is 36.4 Å². The highest BCUT2D eigenvalue weighted by Crippen LogP contribution is 2.40. The molecule has 4 heteroatoms. The van der Waals surface area contributed by atoms with Gasteiger partial charge in [-0.2, -0.15) is 5.26 Å². The van der Waals surface area contributed by atoms with Gasteiger partial charge in [0.25, 0.3) is 0 Å². The molecule has 2 N–H and O–H groups in total. The molecule has 1 aliphatic heterocycles. The highest BCUT2D eigenvalue weighted by atomic mass is 16.5. The van der Waals surface area contributed by atoms with E-state index in [9.17, 15) is 15.5 Å². The summed E-state index contributed by atoms with van der Waals surface area (Å²) in [6, 6.07) is 16.8. The second kappa shape index (κ2) is 7.82. The van der Waals surface area contributed by atoms with Crippen molar-refractivity contribution < 1.29 is 14.9 Å². The Morgan fingerprint density at radius 3 is 2.44 bits per heavy atom. The van der Waals surface area contributed by atoms with Crippen molar-refractivity contribution in [2.45, 2.75) is 56.3 Å². The van der Waals surface area contributed by atoms with Gasteiger partial charge in [-0.3, -0.25) is 0 Å². The van der Waals surface area contributed by atoms with Gasteiger partial charge in [0.1, 0.15) is 0 Å². The Hall–Kier alpha value is -2.19. The number of benzene rings is 2. The lowest BCUT2D eigenvalue weighted by atomic mass is 9.92. The zero-order chi connectivity index (χ0) is 18.8. The molecule has 27 heavy (non-hydrogen) atoms. The van der Waals surface area contributed by atoms with Crippen LogP contribution in [0.15, 0.2) is 42.5 Å². The van der Waals surface area contributed by atoms with E-state index >= 15 is 0 Å². The molecule has 0 radical (unpaired) electrons. The molecule has 2 aromatic rings. The second-order valence-electron chi connectivity index (χ2n) is 7.78. The molecule has 1 saturated carbocycles. The Morgan fingerprint density at radius 2 is 1.78 bits per heavy atom. The number of nitriles is 1. The Morgan fingerprint density at radius 1 is 1.04 bits per heavy atom. The van der Waals surface area contributed by atoms with E-state index in [1.807, 2.05) is 18.2 Å². The summed E-state index contributed by atoms with van der Waals surface area (Å²) < 4.78 is 5.93. The molecule has 4 rings (SSSR count). The summed E-state index contributed by atoms with van der Waals surface area (Å²) in [6.07, 6.45) is 3.18. The largest absolute Gasteiger partial charge is 0.394 e. The normalized spacial score (nSPS) is 25.1. The van der Waals surface area contributed by atoms with E-state index in [1.165, 1.54) is 24.0 Å². The molecule has 1 aliphatic carbocycles. The zero-order valence-electron chi connectivity index (χ0n) is 15.3. The molecule has 2 aromatic carbocycles. The van der Waals surface area contributed by atoms with E-state index in [0.29, 0.717) is 24.8 Å². The molecule has 2 fully saturated rings. The van der Waals surface area contributed by atoms with Crippen LogP contribution in [0.5, 0.6) is 0 Å². The molecule has 0 spiro atoms. The fourth-order valence-electron chi connectivity index (χ4n) is 3.94. The summed E-state index contributed by atoms with van der Waals surface area (Å²) in [5, 5.41) is 29.0. The molecule has 2 unspecified atom stereocenters. The topological polar surface area (TPSA) is 73.5 Å². The zero-order valence-corrected chi connectivity index (χ0v) is 15.3. The lowest BCUT2D eigenvalue weighted by Crippen LogP contribution is -2.33. The van der Waals surface area contributed by atoms with Gasteiger partial charge in [-0.05, 0) is 53.5 Å². The minimum Gasteiger partial charge on any atom is -0.394 e. The maximum absolute atomic E-state index is 10.1. The number of nitrogens with zero attached hydrogens (tertiary/aromatic N) is 1. The highest BCUT2D eigenvalue weighted by Gasteiger charge is 2.29. The Balaban J connectivity index is 1.56. The van der Waals surface area contributed by atoms with Crippen LogP contribution in [0, 0.1) is 11.3 Å². The molecular formula is C23H25NO3. The first kappa shape index (κ1) is 18.2. The van der Waals surface area contributed by atoms with E-state index in [0.717, 1.165) is 17.0 Å². The SMILES string of the molecule is N#Cc1ccc([C@H]2CC(O)CC(CO)O2)cc1Cc1ccc(C2CC2)cc1. The predicted octanol–water partition coefficient (Wildman–Crippen LogP) is 3.60. The minimum absolute atomic E-state index is 0.0932. The standard InChI is InChI=1S/C23H25NO3/c24-13-19-8-7-18(23-12-21(26)11-22(14-25)27-23)10-20(19)9-15-1-3-16(4-2-15)17-5-6-17/h1-4,7-8,10,17,21-23,25-26H,5-6,9,11-12,14H2/t21?,22?,23-/m1/s1. The first-order valence-corrected chi connectivity index (χ1v) is 9.72. The van der Waals surface area contributed by atoms with Crippen LogP contribution < -0.4 is 0 Å². The lowest BCUT2D eigenvalue weighted by Gasteiger charge is -2.32. The maximum atomic E-state index is 10.1. The van der Waals surface area contributed by atoms with Crippen LogP contribution in [0.2, 0.25) is 0 Å². The number of ether oxygens (including phenoxy) is 1. The van der Waals surface area contributed by atoms with Crippen molar-refractivity contribution in [2.75, 3.05) is 6.61 Å². The minimum atomic E-state index is -0.477. The number of rotatable bonds is 5. The fourth-order valence-corrected chi connectivity index (χ4v) is 3.94. The van der Waals surface area contributed by atoms with E-state index in [1.54, 1.807) is 0 Å². The first-order valence-electron chi connectivity index (χ1n) is 9.72. The number of hydrogen-bond acceptors (Lipinski definition) is 4. The summed E-state index contributed by atoms with van der Waals surface area (Å²) in [6.45, 7) is -0.0932. The second-order valence-corrected chi connectivity index (χ2v) is 7.78. The summed E-state index contributed by atoms with van der Waals surface area (Å²) in [4.78, 5) is 0. The fraction of sp³-hybridized carbons (Fsp3) is 0.435. The monoisotopic (exact) mass is 363 g/mol. The van der Waals surface area contributed by atoms with Crippen LogP contribution in [0.25, 0.3) is 0 Å². The van der Waals surface area contributed by atoms with Gasteiger partial charge in [0.2, 0.25) is 0 Å². The molecule has 3 atom stereocenters. The smallest absolute Gasteiger partial charge is 0.0994 e. The van der Waals surface area contributed by atoms with Crippen LogP contribution in [0.3, 0.4) is 0 Å². The Bertz CT molecular complexity index is 836. The molecular weight excluding hydrogens is 338 g/mol. The van der Waals surface area contributed by atoms with Gasteiger partial charge in [-0.25, -0.2) is 0 Å². The van der Waals surface area contributed by atoms with E-state index in [4.69, 9.17) is 4.74 Å². The van der Waals surface area contributed by atoms with Crippen LogP contribution in [0.4, 0.5) is 0 Å². The van der Waals surface area contributed by atoms with Crippen LogP contribution in [0.1, 0.15) is 65.5 Å². The number of aliphatic hydroxyl groups is 2. The van der Waals surface area contributed by atoms with Gasteiger partial charge in [0, 0.05) is 12.8 Å². The van der Waals surface area contributed by atoms with Crippen molar-refractivity contribution in [1.29, 1.82) is 5.26 Å². The van der Waals surface area contributed by atoms with Crippen LogP contribution in [-0.2, 0) is 11.2 Å². The van der Waals surface area contributed by atoms with Crippen molar-refractivity contribution in [1.82, 2.24) is 0 Å². The van der Waals surface area contributed by atoms with E-state index in [-0.39, 0.29) is 18.8 Å². The van der Waals surface area contributed by atoms with E-state index < -0.39 is 6.10 Å². The molecule has 0 bridgehead atoms. The molecule has 2 aliphatic rings. The number of aliphatic hydroxyl groups excluding tert-OH is 2. The number of hydrogen-bond donors (Lipinski definition) is 2. The van der Waals surface area contributed by atoms with Gasteiger partial charge in [-0.15, -0.1) is 0 Å². The van der Waals surface area contributed by atoms with Crippen molar-refractivity contribution in [3.8, 4) is 6.07 Å². The third-order valence-corrected chi connectivity index (χ3v) is 5.63. The van der Waals surface area contributed by atoms with E-state index in [2.05, 4.69) is 30.3 Å². The highest BCUT2D eigenvalue weighted by molar-refractivity contribution is 5.44. The molecule has 4 nitrogen and oxygen atoms in total. The van der Waals surface area contributed by atoms with Gasteiger partial charge >= 0.3 is 0 Å². The Kier molecular flexibility index (Phi) is 5.27. The van der Waals surface area contributed by atoms with Gasteiger partial charge in [0.15, 0.2) is 0 Å². The van der Waals surface area contributed by atoms with Crippen molar-refractivity contribution >= 4 is 0 Å². The maximum Gasteiger partial charge on any atom is 0.0994 e. The summed E-state index contributed by atoms with van der Waals surface area (Å²) in [5.41, 5.74) is 5.19.